The fourth-order valence-corrected chi connectivity index (χ4v) is 4.67. The number of rotatable bonds is 3. The van der Waals surface area contributed by atoms with Crippen LogP contribution in [-0.4, -0.2) is 41.8 Å². The minimum absolute atomic E-state index is 0.120. The summed E-state index contributed by atoms with van der Waals surface area (Å²) in [7, 11) is -2.77. The second kappa shape index (κ2) is 6.56. The molecule has 0 bridgehead atoms. The molecule has 1 unspecified atom stereocenters. The highest BCUT2D eigenvalue weighted by molar-refractivity contribution is 7.91. The summed E-state index contributed by atoms with van der Waals surface area (Å²) in [6.45, 7) is 0. The second-order valence-corrected chi connectivity index (χ2v) is 8.72. The van der Waals surface area contributed by atoms with Crippen molar-refractivity contribution in [1.82, 2.24) is 4.90 Å². The first-order chi connectivity index (χ1) is 9.44. The van der Waals surface area contributed by atoms with Gasteiger partial charge in [-0.25, -0.2) is 17.6 Å². The SMILES string of the molecule is CN(C(=O)Nc1ccccc1F)C(C(Cl)(Cl)Cl)S(C)(=O)=O. The van der Waals surface area contributed by atoms with E-state index in [0.29, 0.717) is 4.90 Å². The van der Waals surface area contributed by atoms with Gasteiger partial charge >= 0.3 is 6.03 Å². The summed E-state index contributed by atoms with van der Waals surface area (Å²) in [4.78, 5) is 12.7. The Bertz CT molecular complexity index is 634. The zero-order valence-electron chi connectivity index (χ0n) is 11.0. The Labute approximate surface area is 136 Å². The molecule has 2 amide bonds. The minimum Gasteiger partial charge on any atom is -0.307 e. The van der Waals surface area contributed by atoms with Crippen LogP contribution >= 0.6 is 34.8 Å². The number of anilines is 1. The highest BCUT2D eigenvalue weighted by Gasteiger charge is 2.45. The lowest BCUT2D eigenvalue weighted by atomic mass is 10.3. The van der Waals surface area contributed by atoms with Gasteiger partial charge in [0.25, 0.3) is 0 Å². The van der Waals surface area contributed by atoms with Gasteiger partial charge in [-0.2, -0.15) is 0 Å². The number of alkyl halides is 3. The first-order valence-electron chi connectivity index (χ1n) is 5.48. The van der Waals surface area contributed by atoms with Gasteiger partial charge in [0.15, 0.2) is 15.2 Å². The summed E-state index contributed by atoms with van der Waals surface area (Å²) in [5.74, 6) is -0.677. The molecule has 0 saturated heterocycles. The Morgan fingerprint density at radius 2 is 1.86 bits per heavy atom. The summed E-state index contributed by atoms with van der Waals surface area (Å²) in [6.07, 6.45) is 0.826. The lowest BCUT2D eigenvalue weighted by Gasteiger charge is -2.31. The van der Waals surface area contributed by atoms with Crippen LogP contribution in [0.15, 0.2) is 24.3 Å². The van der Waals surface area contributed by atoms with Crippen molar-refractivity contribution in [2.24, 2.45) is 0 Å². The van der Waals surface area contributed by atoms with Gasteiger partial charge in [0.2, 0.25) is 3.79 Å². The van der Waals surface area contributed by atoms with Crippen LogP contribution in [0, 0.1) is 5.82 Å². The molecule has 5 nitrogen and oxygen atoms in total. The molecule has 1 atom stereocenters. The molecule has 0 aromatic heterocycles. The van der Waals surface area contributed by atoms with Gasteiger partial charge in [0.1, 0.15) is 5.82 Å². The molecule has 118 valence electrons. The Morgan fingerprint density at radius 3 is 2.29 bits per heavy atom. The van der Waals surface area contributed by atoms with Crippen LogP contribution in [0.5, 0.6) is 0 Å². The number of nitrogens with zero attached hydrogens (tertiary/aromatic N) is 1. The monoisotopic (exact) mass is 376 g/mol. The third kappa shape index (κ3) is 4.88. The Kier molecular flexibility index (Phi) is 5.71. The van der Waals surface area contributed by atoms with Gasteiger partial charge < -0.3 is 10.2 Å². The van der Waals surface area contributed by atoms with Crippen molar-refractivity contribution in [2.45, 2.75) is 9.17 Å². The van der Waals surface area contributed by atoms with Gasteiger partial charge in [0.05, 0.1) is 5.69 Å². The normalized spacial score (nSPS) is 13.6. The van der Waals surface area contributed by atoms with Crippen molar-refractivity contribution in [1.29, 1.82) is 0 Å². The van der Waals surface area contributed by atoms with Gasteiger partial charge in [-0.3, -0.25) is 0 Å². The minimum atomic E-state index is -3.89. The number of para-hydroxylation sites is 1. The number of amides is 2. The number of nitrogens with one attached hydrogen (secondary N) is 1. The average Bonchev–Trinajstić information content (AvgIpc) is 2.28. The molecular formula is C11H12Cl3FN2O3S. The van der Waals surface area contributed by atoms with E-state index in [-0.39, 0.29) is 5.69 Å². The molecule has 0 aliphatic carbocycles. The maximum atomic E-state index is 13.5. The van der Waals surface area contributed by atoms with Crippen LogP contribution < -0.4 is 5.32 Å². The third-order valence-corrected chi connectivity index (χ3v) is 4.96. The quantitative estimate of drug-likeness (QED) is 0.823. The molecule has 0 aliphatic heterocycles. The highest BCUT2D eigenvalue weighted by atomic mass is 35.6. The third-order valence-electron chi connectivity index (χ3n) is 2.47. The largest absolute Gasteiger partial charge is 0.322 e. The van der Waals surface area contributed by atoms with E-state index in [1.54, 1.807) is 0 Å². The van der Waals surface area contributed by atoms with Crippen molar-refractivity contribution in [3.63, 3.8) is 0 Å². The maximum Gasteiger partial charge on any atom is 0.322 e. The van der Waals surface area contributed by atoms with E-state index in [1.165, 1.54) is 18.2 Å². The first-order valence-corrected chi connectivity index (χ1v) is 8.57. The molecule has 0 spiro atoms. The van der Waals surface area contributed by atoms with Crippen LogP contribution in [0.2, 0.25) is 0 Å². The summed E-state index contributed by atoms with van der Waals surface area (Å²) >= 11 is 16.8. The van der Waals surface area contributed by atoms with E-state index in [4.69, 9.17) is 34.8 Å². The van der Waals surface area contributed by atoms with Crippen LogP contribution in [0.1, 0.15) is 0 Å². The van der Waals surface area contributed by atoms with E-state index in [2.05, 4.69) is 5.32 Å². The number of hydrogen-bond donors (Lipinski definition) is 1. The molecule has 0 aliphatic rings. The molecule has 0 heterocycles. The van der Waals surface area contributed by atoms with Crippen LogP contribution in [-0.2, 0) is 9.84 Å². The first kappa shape index (κ1) is 18.3. The number of carbonyl (C=O) groups is 1. The number of carbonyl (C=O) groups excluding carboxylic acids is 1. The number of benzene rings is 1. The fraction of sp³-hybridized carbons (Fsp3) is 0.364. The van der Waals surface area contributed by atoms with Gasteiger partial charge in [-0.15, -0.1) is 0 Å². The zero-order chi connectivity index (χ0) is 16.4. The van der Waals surface area contributed by atoms with Gasteiger partial charge in [-0.1, -0.05) is 46.9 Å². The highest BCUT2D eigenvalue weighted by Crippen LogP contribution is 2.36. The zero-order valence-corrected chi connectivity index (χ0v) is 14.1. The van der Waals surface area contributed by atoms with Crippen molar-refractivity contribution in [2.75, 3.05) is 18.6 Å². The van der Waals surface area contributed by atoms with Crippen molar-refractivity contribution >= 4 is 56.4 Å². The van der Waals surface area contributed by atoms with E-state index in [1.807, 2.05) is 0 Å². The maximum absolute atomic E-state index is 13.5. The van der Waals surface area contributed by atoms with E-state index >= 15 is 0 Å². The molecule has 0 saturated carbocycles. The van der Waals surface area contributed by atoms with Crippen molar-refractivity contribution in [3.8, 4) is 0 Å². The number of hydrogen-bond acceptors (Lipinski definition) is 3. The van der Waals surface area contributed by atoms with Crippen LogP contribution in [0.25, 0.3) is 0 Å². The molecule has 1 aromatic carbocycles. The predicted octanol–water partition coefficient (Wildman–Crippen LogP) is 3.03. The molecule has 1 aromatic rings. The molecule has 21 heavy (non-hydrogen) atoms. The number of urea groups is 1. The molecular weight excluding hydrogens is 366 g/mol. The Morgan fingerprint density at radius 1 is 1.33 bits per heavy atom. The summed E-state index contributed by atoms with van der Waals surface area (Å²) < 4.78 is 34.6. The number of sulfone groups is 1. The lowest BCUT2D eigenvalue weighted by Crippen LogP contribution is -2.51. The summed E-state index contributed by atoms with van der Waals surface area (Å²) in [5, 5.41) is 0.486. The standard InChI is InChI=1S/C11H12Cl3FN2O3S/c1-17(9(11(12,13)14)21(2,19)20)10(18)16-8-6-4-3-5-7(8)15/h3-6,9H,1-2H3,(H,16,18). The van der Waals surface area contributed by atoms with Crippen molar-refractivity contribution < 1.29 is 17.6 Å². The topological polar surface area (TPSA) is 66.5 Å². The van der Waals surface area contributed by atoms with E-state index < -0.39 is 30.9 Å². The predicted molar refractivity (Wildman–Crippen MR) is 82.1 cm³/mol. The summed E-state index contributed by atoms with van der Waals surface area (Å²) in [6, 6.07) is 4.46. The molecule has 1 N–H and O–H groups in total. The molecule has 0 radical (unpaired) electrons. The fourth-order valence-electron chi connectivity index (χ4n) is 1.62. The number of halogens is 4. The molecule has 1 rings (SSSR count). The van der Waals surface area contributed by atoms with E-state index in [9.17, 15) is 17.6 Å². The smallest absolute Gasteiger partial charge is 0.307 e. The average molecular weight is 378 g/mol. The summed E-state index contributed by atoms with van der Waals surface area (Å²) in [5.41, 5.74) is -0.120. The van der Waals surface area contributed by atoms with Crippen molar-refractivity contribution in [3.05, 3.63) is 30.1 Å². The Hall–Kier alpha value is -0.760. The molecule has 0 fully saturated rings. The van der Waals surface area contributed by atoms with Gasteiger partial charge in [-0.05, 0) is 12.1 Å². The van der Waals surface area contributed by atoms with Gasteiger partial charge in [0, 0.05) is 13.3 Å². The lowest BCUT2D eigenvalue weighted by molar-refractivity contribution is 0.217. The second-order valence-electron chi connectivity index (χ2n) is 4.24. The van der Waals surface area contributed by atoms with Crippen LogP contribution in [0.4, 0.5) is 14.9 Å². The van der Waals surface area contributed by atoms with Crippen LogP contribution in [0.3, 0.4) is 0 Å². The van der Waals surface area contributed by atoms with E-state index in [0.717, 1.165) is 19.4 Å². The molecule has 10 heteroatoms. The Balaban J connectivity index is 3.03.